The second kappa shape index (κ2) is 3.91. The molecule has 2 nitrogen and oxygen atoms in total. The monoisotopic (exact) mass is 206 g/mol. The van der Waals surface area contributed by atoms with Crippen LogP contribution in [-0.2, 0) is 8.87 Å². The third-order valence-electron chi connectivity index (χ3n) is 1.23. The molecule has 5 heteroatoms. The molecular formula is C7H7FO2S2. The Labute approximate surface area is 74.1 Å². The minimum Gasteiger partial charge on any atom is -0.238 e. The van der Waals surface area contributed by atoms with Crippen LogP contribution in [0.5, 0.6) is 0 Å². The summed E-state index contributed by atoms with van der Waals surface area (Å²) < 4.78 is 34.1. The van der Waals surface area contributed by atoms with Crippen LogP contribution < -0.4 is 0 Å². The Morgan fingerprint density at radius 1 is 1.25 bits per heavy atom. The Morgan fingerprint density at radius 2 is 1.83 bits per heavy atom. The van der Waals surface area contributed by atoms with E-state index in [1.165, 1.54) is 12.1 Å². The van der Waals surface area contributed by atoms with Crippen molar-refractivity contribution in [3.63, 3.8) is 0 Å². The lowest BCUT2D eigenvalue weighted by molar-refractivity contribution is 0.599. The van der Waals surface area contributed by atoms with Crippen molar-refractivity contribution in [3.8, 4) is 0 Å². The van der Waals surface area contributed by atoms with E-state index in [9.17, 15) is 12.8 Å². The molecule has 0 aliphatic rings. The summed E-state index contributed by atoms with van der Waals surface area (Å²) in [5, 5.41) is 0. The van der Waals surface area contributed by atoms with E-state index in [-0.39, 0.29) is 4.90 Å². The number of hydrogen-bond acceptors (Lipinski definition) is 3. The molecule has 0 spiro atoms. The number of benzene rings is 1. The molecule has 0 amide bonds. The molecule has 12 heavy (non-hydrogen) atoms. The zero-order valence-corrected chi connectivity index (χ0v) is 7.74. The first-order valence-corrected chi connectivity index (χ1v) is 6.16. The van der Waals surface area contributed by atoms with E-state index in [4.69, 9.17) is 0 Å². The zero-order valence-electron chi connectivity index (χ0n) is 6.10. The molecule has 0 unspecified atom stereocenters. The van der Waals surface area contributed by atoms with Crippen molar-refractivity contribution in [2.24, 2.45) is 0 Å². The van der Waals surface area contributed by atoms with Crippen LogP contribution in [-0.4, -0.2) is 14.4 Å². The molecule has 0 aliphatic carbocycles. The molecule has 0 atom stereocenters. The summed E-state index contributed by atoms with van der Waals surface area (Å²) >= 11 is 0. The van der Waals surface area contributed by atoms with Gasteiger partial charge in [0.25, 0.3) is 0 Å². The van der Waals surface area contributed by atoms with E-state index >= 15 is 0 Å². The molecule has 66 valence electrons. The molecule has 1 rings (SSSR count). The van der Waals surface area contributed by atoms with Gasteiger partial charge in [-0.05, 0) is 12.1 Å². The summed E-state index contributed by atoms with van der Waals surface area (Å²) in [7, 11) is -3.18. The van der Waals surface area contributed by atoms with Crippen molar-refractivity contribution in [1.29, 1.82) is 0 Å². The van der Waals surface area contributed by atoms with Crippen molar-refractivity contribution in [2.75, 3.05) is 6.01 Å². The molecule has 0 radical (unpaired) electrons. The van der Waals surface area contributed by atoms with Crippen LogP contribution in [0.25, 0.3) is 0 Å². The average Bonchev–Trinajstić information content (AvgIpc) is 2.06. The van der Waals surface area contributed by atoms with Gasteiger partial charge >= 0.3 is 0 Å². The fourth-order valence-corrected chi connectivity index (χ4v) is 2.55. The third-order valence-corrected chi connectivity index (χ3v) is 4.26. The summed E-state index contributed by atoms with van der Waals surface area (Å²) in [4.78, 5) is 0.146. The number of halogens is 1. The van der Waals surface area contributed by atoms with Gasteiger partial charge in [-0.25, -0.2) is 12.8 Å². The molecule has 1 aromatic rings. The van der Waals surface area contributed by atoms with Gasteiger partial charge in [0.05, 0.1) is 4.90 Å². The number of alkyl halides is 1. The highest BCUT2D eigenvalue weighted by Crippen LogP contribution is 2.22. The minimum atomic E-state index is -3.47. The molecule has 0 bridgehead atoms. The summed E-state index contributed by atoms with van der Waals surface area (Å²) in [5.41, 5.74) is 0. The molecule has 0 saturated carbocycles. The molecular weight excluding hydrogens is 199 g/mol. The predicted octanol–water partition coefficient (Wildman–Crippen LogP) is 2.04. The Balaban J connectivity index is 2.99. The van der Waals surface area contributed by atoms with Crippen LogP contribution in [0.3, 0.4) is 0 Å². The standard InChI is InChI=1S/C7H7FO2S2/c8-6-11-12(9,10)7-4-2-1-3-5-7/h1-5H,6H2. The highest BCUT2D eigenvalue weighted by atomic mass is 33.1. The van der Waals surface area contributed by atoms with E-state index in [1.54, 1.807) is 18.2 Å². The Kier molecular flexibility index (Phi) is 3.11. The van der Waals surface area contributed by atoms with Gasteiger partial charge in [-0.2, -0.15) is 0 Å². The van der Waals surface area contributed by atoms with Crippen LogP contribution in [0.4, 0.5) is 4.39 Å². The van der Waals surface area contributed by atoms with Crippen LogP contribution >= 0.6 is 10.8 Å². The van der Waals surface area contributed by atoms with Gasteiger partial charge in [0.15, 0.2) is 0 Å². The van der Waals surface area contributed by atoms with Crippen LogP contribution in [0.2, 0.25) is 0 Å². The normalized spacial score (nSPS) is 11.4. The summed E-state index contributed by atoms with van der Waals surface area (Å²) in [5.74, 6) is 0. The van der Waals surface area contributed by atoms with Gasteiger partial charge in [-0.1, -0.05) is 18.2 Å². The molecule has 0 heterocycles. The van der Waals surface area contributed by atoms with Gasteiger partial charge in [0, 0.05) is 10.8 Å². The molecule has 0 aliphatic heterocycles. The topological polar surface area (TPSA) is 34.1 Å². The Hall–Kier alpha value is -0.550. The lowest BCUT2D eigenvalue weighted by atomic mass is 10.4. The lowest BCUT2D eigenvalue weighted by Gasteiger charge is -1.98. The molecule has 0 fully saturated rings. The van der Waals surface area contributed by atoms with E-state index in [2.05, 4.69) is 0 Å². The van der Waals surface area contributed by atoms with Crippen LogP contribution in [0.1, 0.15) is 0 Å². The third kappa shape index (κ3) is 2.22. The second-order valence-electron chi connectivity index (χ2n) is 1.99. The average molecular weight is 206 g/mol. The largest absolute Gasteiger partial charge is 0.238 e. The van der Waals surface area contributed by atoms with Crippen molar-refractivity contribution < 1.29 is 12.8 Å². The first-order valence-electron chi connectivity index (χ1n) is 3.17. The van der Waals surface area contributed by atoms with E-state index in [0.29, 0.717) is 10.8 Å². The quantitative estimate of drug-likeness (QED) is 0.710. The van der Waals surface area contributed by atoms with Gasteiger partial charge in [0.1, 0.15) is 6.01 Å². The Morgan fingerprint density at radius 3 is 2.33 bits per heavy atom. The predicted molar refractivity (Wildman–Crippen MR) is 47.2 cm³/mol. The van der Waals surface area contributed by atoms with E-state index in [0.717, 1.165) is 0 Å². The summed E-state index contributed by atoms with van der Waals surface area (Å²) in [6.07, 6.45) is 0. The summed E-state index contributed by atoms with van der Waals surface area (Å²) in [6.45, 7) is 0. The van der Waals surface area contributed by atoms with Crippen molar-refractivity contribution in [2.45, 2.75) is 4.90 Å². The lowest BCUT2D eigenvalue weighted by Crippen LogP contribution is -1.94. The SMILES string of the molecule is O=S(=O)(SCF)c1ccccc1. The highest BCUT2D eigenvalue weighted by molar-refractivity contribution is 8.72. The van der Waals surface area contributed by atoms with Crippen molar-refractivity contribution in [3.05, 3.63) is 30.3 Å². The van der Waals surface area contributed by atoms with Gasteiger partial charge in [0.2, 0.25) is 8.87 Å². The maximum Gasteiger partial charge on any atom is 0.232 e. The number of hydrogen-bond donors (Lipinski definition) is 0. The van der Waals surface area contributed by atoms with Gasteiger partial charge < -0.3 is 0 Å². The van der Waals surface area contributed by atoms with Gasteiger partial charge in [-0.3, -0.25) is 0 Å². The zero-order chi connectivity index (χ0) is 9.03. The molecule has 0 N–H and O–H groups in total. The highest BCUT2D eigenvalue weighted by Gasteiger charge is 2.13. The summed E-state index contributed by atoms with van der Waals surface area (Å²) in [6, 6.07) is 6.88. The fraction of sp³-hybridized carbons (Fsp3) is 0.143. The molecule has 0 aromatic heterocycles. The van der Waals surface area contributed by atoms with E-state index < -0.39 is 14.9 Å². The minimum absolute atomic E-state index is 0.146. The van der Waals surface area contributed by atoms with Crippen LogP contribution in [0.15, 0.2) is 35.2 Å². The Bertz CT molecular complexity index is 334. The first kappa shape index (κ1) is 9.54. The van der Waals surface area contributed by atoms with E-state index in [1.807, 2.05) is 0 Å². The van der Waals surface area contributed by atoms with Gasteiger partial charge in [-0.15, -0.1) is 0 Å². The first-order chi connectivity index (χ1) is 5.67. The molecule has 1 aromatic carbocycles. The van der Waals surface area contributed by atoms with Crippen LogP contribution in [0, 0.1) is 0 Å². The maximum absolute atomic E-state index is 11.8. The maximum atomic E-state index is 11.8. The molecule has 0 saturated heterocycles. The fourth-order valence-electron chi connectivity index (χ4n) is 0.714. The number of rotatable bonds is 3. The second-order valence-corrected chi connectivity index (χ2v) is 5.85. The smallest absolute Gasteiger partial charge is 0.232 e. The van der Waals surface area contributed by atoms with Crippen molar-refractivity contribution >= 4 is 19.7 Å². The van der Waals surface area contributed by atoms with Crippen molar-refractivity contribution in [1.82, 2.24) is 0 Å².